The van der Waals surface area contributed by atoms with E-state index in [1.165, 1.54) is 38.8 Å². The second-order valence-corrected chi connectivity index (χ2v) is 5.43. The molecular weight excluding hydrogens is 204 g/mol. The normalized spacial score (nSPS) is 21.5. The Bertz CT molecular complexity index is 339. The van der Waals surface area contributed by atoms with E-state index < -0.39 is 0 Å². The number of rotatable bonds is 1. The average Bonchev–Trinajstić information content (AvgIpc) is 2.74. The minimum Gasteiger partial charge on any atom is -0.368 e. The van der Waals surface area contributed by atoms with Gasteiger partial charge in [0.05, 0.1) is 5.69 Å². The molecule has 0 bridgehead atoms. The van der Waals surface area contributed by atoms with Crippen LogP contribution >= 0.6 is 11.3 Å². The zero-order chi connectivity index (χ0) is 10.1. The lowest BCUT2D eigenvalue weighted by atomic mass is 9.98. The van der Waals surface area contributed by atoms with Crippen molar-refractivity contribution in [2.75, 3.05) is 31.1 Å². The Hall–Kier alpha value is -0.540. The first-order valence-corrected chi connectivity index (χ1v) is 6.88. The highest BCUT2D eigenvalue weighted by Crippen LogP contribution is 2.35. The van der Waals surface area contributed by atoms with Crippen LogP contribution in [0.15, 0.2) is 5.38 Å². The van der Waals surface area contributed by atoms with Gasteiger partial charge in [-0.05, 0) is 31.2 Å². The number of piperazine rings is 1. The van der Waals surface area contributed by atoms with Crippen molar-refractivity contribution in [3.05, 3.63) is 15.8 Å². The standard InChI is InChI=1S/C12H18N2S/c1-2-4-12-10(3-1)11(9-15-12)14-7-5-13-6-8-14/h9,13H,1-8H2. The van der Waals surface area contributed by atoms with Gasteiger partial charge in [0.25, 0.3) is 0 Å². The Morgan fingerprint density at radius 3 is 2.80 bits per heavy atom. The van der Waals surface area contributed by atoms with Crippen LogP contribution in [0.1, 0.15) is 23.3 Å². The molecule has 0 amide bonds. The lowest BCUT2D eigenvalue weighted by Gasteiger charge is -2.30. The number of aryl methyl sites for hydroxylation is 1. The van der Waals surface area contributed by atoms with E-state index in [-0.39, 0.29) is 0 Å². The van der Waals surface area contributed by atoms with Gasteiger partial charge in [-0.2, -0.15) is 0 Å². The van der Waals surface area contributed by atoms with Crippen molar-refractivity contribution in [2.24, 2.45) is 0 Å². The Balaban J connectivity index is 1.87. The van der Waals surface area contributed by atoms with Crippen LogP contribution in [0, 0.1) is 0 Å². The third kappa shape index (κ3) is 1.79. The fourth-order valence-corrected chi connectivity index (χ4v) is 3.80. The molecular formula is C12H18N2S. The van der Waals surface area contributed by atoms with Crippen molar-refractivity contribution >= 4 is 17.0 Å². The summed E-state index contributed by atoms with van der Waals surface area (Å²) in [7, 11) is 0. The summed E-state index contributed by atoms with van der Waals surface area (Å²) in [6.45, 7) is 4.65. The van der Waals surface area contributed by atoms with Crippen molar-refractivity contribution in [1.82, 2.24) is 5.32 Å². The van der Waals surface area contributed by atoms with E-state index in [9.17, 15) is 0 Å². The highest BCUT2D eigenvalue weighted by molar-refractivity contribution is 7.10. The molecule has 2 heterocycles. The molecule has 1 aliphatic heterocycles. The molecule has 0 spiro atoms. The third-order valence-corrected chi connectivity index (χ3v) is 4.57. The largest absolute Gasteiger partial charge is 0.368 e. The van der Waals surface area contributed by atoms with E-state index in [0.717, 1.165) is 13.1 Å². The zero-order valence-corrected chi connectivity index (χ0v) is 9.91. The number of hydrogen-bond acceptors (Lipinski definition) is 3. The first-order chi connectivity index (χ1) is 7.45. The van der Waals surface area contributed by atoms with Crippen molar-refractivity contribution < 1.29 is 0 Å². The third-order valence-electron chi connectivity index (χ3n) is 3.50. The first-order valence-electron chi connectivity index (χ1n) is 6.00. The molecule has 1 N–H and O–H groups in total. The fraction of sp³-hybridized carbons (Fsp3) is 0.667. The van der Waals surface area contributed by atoms with Gasteiger partial charge in [0.2, 0.25) is 0 Å². The van der Waals surface area contributed by atoms with Crippen molar-refractivity contribution in [2.45, 2.75) is 25.7 Å². The lowest BCUT2D eigenvalue weighted by molar-refractivity contribution is 0.586. The monoisotopic (exact) mass is 222 g/mol. The molecule has 2 aliphatic rings. The molecule has 0 radical (unpaired) electrons. The SMILES string of the molecule is c1sc2c(c1N1CCNCC1)CCCC2. The van der Waals surface area contributed by atoms with Crippen LogP contribution in [0.5, 0.6) is 0 Å². The average molecular weight is 222 g/mol. The summed E-state index contributed by atoms with van der Waals surface area (Å²) in [4.78, 5) is 4.23. The Labute approximate surface area is 95.3 Å². The Morgan fingerprint density at radius 1 is 1.13 bits per heavy atom. The second-order valence-electron chi connectivity index (χ2n) is 4.47. The summed E-state index contributed by atoms with van der Waals surface area (Å²) >= 11 is 1.98. The molecule has 1 fully saturated rings. The first kappa shape index (κ1) is 9.67. The van der Waals surface area contributed by atoms with E-state index in [4.69, 9.17) is 0 Å². The maximum absolute atomic E-state index is 3.42. The highest BCUT2D eigenvalue weighted by atomic mass is 32.1. The number of hydrogen-bond donors (Lipinski definition) is 1. The van der Waals surface area contributed by atoms with Gasteiger partial charge in [0.15, 0.2) is 0 Å². The number of nitrogens with zero attached hydrogens (tertiary/aromatic N) is 1. The van der Waals surface area contributed by atoms with Gasteiger partial charge in [-0.3, -0.25) is 0 Å². The molecule has 0 aromatic carbocycles. The van der Waals surface area contributed by atoms with Gasteiger partial charge in [-0.25, -0.2) is 0 Å². The van der Waals surface area contributed by atoms with Crippen LogP contribution < -0.4 is 10.2 Å². The van der Waals surface area contributed by atoms with E-state index in [2.05, 4.69) is 15.6 Å². The maximum atomic E-state index is 3.42. The molecule has 0 unspecified atom stereocenters. The quantitative estimate of drug-likeness (QED) is 0.782. The Kier molecular flexibility index (Phi) is 2.67. The maximum Gasteiger partial charge on any atom is 0.0511 e. The van der Waals surface area contributed by atoms with Gasteiger partial charge in [-0.1, -0.05) is 0 Å². The molecule has 1 aliphatic carbocycles. The second kappa shape index (κ2) is 4.14. The van der Waals surface area contributed by atoms with Crippen LogP contribution in [-0.2, 0) is 12.8 Å². The smallest absolute Gasteiger partial charge is 0.0511 e. The minimum absolute atomic E-state index is 1.14. The summed E-state index contributed by atoms with van der Waals surface area (Å²) in [5.41, 5.74) is 3.23. The molecule has 1 aromatic heterocycles. The Morgan fingerprint density at radius 2 is 1.93 bits per heavy atom. The molecule has 3 rings (SSSR count). The summed E-state index contributed by atoms with van der Waals surface area (Å²) in [6.07, 6.45) is 5.43. The molecule has 0 saturated carbocycles. The van der Waals surface area contributed by atoms with E-state index >= 15 is 0 Å². The number of thiophene rings is 1. The highest BCUT2D eigenvalue weighted by Gasteiger charge is 2.20. The van der Waals surface area contributed by atoms with Crippen molar-refractivity contribution in [3.63, 3.8) is 0 Å². The van der Waals surface area contributed by atoms with Gasteiger partial charge >= 0.3 is 0 Å². The van der Waals surface area contributed by atoms with Crippen LogP contribution in [0.4, 0.5) is 5.69 Å². The van der Waals surface area contributed by atoms with Crippen molar-refractivity contribution in [3.8, 4) is 0 Å². The molecule has 1 aromatic rings. The van der Waals surface area contributed by atoms with E-state index in [1.807, 2.05) is 11.3 Å². The van der Waals surface area contributed by atoms with E-state index in [0.29, 0.717) is 0 Å². The molecule has 1 saturated heterocycles. The summed E-state index contributed by atoms with van der Waals surface area (Å²) in [6, 6.07) is 0. The molecule has 15 heavy (non-hydrogen) atoms. The van der Waals surface area contributed by atoms with E-state index in [1.54, 1.807) is 16.1 Å². The lowest BCUT2D eigenvalue weighted by Crippen LogP contribution is -2.43. The summed E-state index contributed by atoms with van der Waals surface area (Å²) in [5.74, 6) is 0. The number of nitrogens with one attached hydrogen (secondary N) is 1. The molecule has 0 atom stereocenters. The van der Waals surface area contributed by atoms with Gasteiger partial charge in [-0.15, -0.1) is 11.3 Å². The van der Waals surface area contributed by atoms with Crippen LogP contribution in [0.3, 0.4) is 0 Å². The predicted octanol–water partition coefficient (Wildman–Crippen LogP) is 2.04. The summed E-state index contributed by atoms with van der Waals surface area (Å²) in [5, 5.41) is 5.81. The van der Waals surface area contributed by atoms with Crippen LogP contribution in [0.25, 0.3) is 0 Å². The number of anilines is 1. The molecule has 3 heteroatoms. The summed E-state index contributed by atoms with van der Waals surface area (Å²) < 4.78 is 0. The predicted molar refractivity (Wildman–Crippen MR) is 66.0 cm³/mol. The molecule has 2 nitrogen and oxygen atoms in total. The number of fused-ring (bicyclic) bond motifs is 1. The van der Waals surface area contributed by atoms with Gasteiger partial charge < -0.3 is 10.2 Å². The minimum atomic E-state index is 1.14. The topological polar surface area (TPSA) is 15.3 Å². The van der Waals surface area contributed by atoms with Gasteiger partial charge in [0, 0.05) is 36.4 Å². The van der Waals surface area contributed by atoms with Crippen LogP contribution in [-0.4, -0.2) is 26.2 Å². The zero-order valence-electron chi connectivity index (χ0n) is 9.09. The molecule has 82 valence electrons. The van der Waals surface area contributed by atoms with Gasteiger partial charge in [0.1, 0.15) is 0 Å². The van der Waals surface area contributed by atoms with Crippen molar-refractivity contribution in [1.29, 1.82) is 0 Å². The fourth-order valence-electron chi connectivity index (χ4n) is 2.65. The van der Waals surface area contributed by atoms with Crippen LogP contribution in [0.2, 0.25) is 0 Å².